The summed E-state index contributed by atoms with van der Waals surface area (Å²) in [7, 11) is 1.31. The molecule has 7 heteroatoms. The minimum atomic E-state index is -0.487. The average Bonchev–Trinajstić information content (AvgIpc) is 2.65. The van der Waals surface area contributed by atoms with Crippen LogP contribution in [0.5, 0.6) is 0 Å². The molecule has 1 fully saturated rings. The maximum absolute atomic E-state index is 11.7. The molecule has 28 heavy (non-hydrogen) atoms. The quantitative estimate of drug-likeness (QED) is 0.390. The fourth-order valence-electron chi connectivity index (χ4n) is 3.17. The van der Waals surface area contributed by atoms with E-state index in [2.05, 4.69) is 29.2 Å². The smallest absolute Gasteiger partial charge is 0.312 e. The molecular weight excluding hydrogens is 380 g/mol. The van der Waals surface area contributed by atoms with E-state index in [0.717, 1.165) is 32.5 Å². The number of ether oxygens (including phenoxy) is 1. The Balaban J connectivity index is 0.00000392. The predicted octanol–water partition coefficient (Wildman–Crippen LogP) is 3.38. The van der Waals surface area contributed by atoms with Gasteiger partial charge in [0.25, 0.3) is 0 Å². The van der Waals surface area contributed by atoms with E-state index >= 15 is 0 Å². The molecular formula is C21H31ClN2O4. The number of piperidine rings is 1. The van der Waals surface area contributed by atoms with Crippen LogP contribution in [0.25, 0.3) is 0 Å². The van der Waals surface area contributed by atoms with Crippen molar-refractivity contribution >= 4 is 24.3 Å². The molecule has 0 N–H and O–H groups in total. The van der Waals surface area contributed by atoms with Crippen LogP contribution >= 0.6 is 12.4 Å². The molecule has 0 bridgehead atoms. The Kier molecular flexibility index (Phi) is 9.70. The van der Waals surface area contributed by atoms with Crippen molar-refractivity contribution in [2.75, 3.05) is 20.2 Å². The van der Waals surface area contributed by atoms with Gasteiger partial charge in [-0.05, 0) is 39.2 Å². The molecule has 0 aromatic heterocycles. The maximum Gasteiger partial charge on any atom is 0.312 e. The number of nitrogens with zero attached hydrogens (tertiary/aromatic N) is 2. The highest BCUT2D eigenvalue weighted by Gasteiger charge is 2.31. The summed E-state index contributed by atoms with van der Waals surface area (Å²) in [6, 6.07) is 10.4. The lowest BCUT2D eigenvalue weighted by Crippen LogP contribution is -2.47. The van der Waals surface area contributed by atoms with Gasteiger partial charge in [-0.25, -0.2) is 9.86 Å². The number of carbonyl (C=O) groups excluding carboxylic acids is 2. The minimum Gasteiger partial charge on any atom is -0.469 e. The van der Waals surface area contributed by atoms with E-state index in [9.17, 15) is 9.59 Å². The predicted molar refractivity (Wildman–Crippen MR) is 111 cm³/mol. The highest BCUT2D eigenvalue weighted by atomic mass is 35.5. The van der Waals surface area contributed by atoms with Crippen molar-refractivity contribution in [3.63, 3.8) is 0 Å². The number of rotatable bonds is 7. The summed E-state index contributed by atoms with van der Waals surface area (Å²) in [6.45, 7) is 8.47. The van der Waals surface area contributed by atoms with Gasteiger partial charge in [0.1, 0.15) is 11.6 Å². The van der Waals surface area contributed by atoms with E-state index in [1.165, 1.54) is 12.7 Å². The average molecular weight is 411 g/mol. The third-order valence-electron chi connectivity index (χ3n) is 4.43. The van der Waals surface area contributed by atoms with Gasteiger partial charge in [-0.15, -0.1) is 12.4 Å². The van der Waals surface area contributed by atoms with Crippen LogP contribution in [-0.2, 0) is 25.7 Å². The summed E-state index contributed by atoms with van der Waals surface area (Å²) < 4.78 is 4.70. The molecule has 0 aliphatic carbocycles. The normalized spacial score (nSPS) is 15.3. The lowest BCUT2D eigenvalue weighted by Gasteiger charge is -2.41. The first-order valence-electron chi connectivity index (χ1n) is 9.38. The highest BCUT2D eigenvalue weighted by Crippen LogP contribution is 2.26. The Morgan fingerprint density at radius 1 is 1.21 bits per heavy atom. The van der Waals surface area contributed by atoms with Gasteiger partial charge in [0.2, 0.25) is 0 Å². The highest BCUT2D eigenvalue weighted by molar-refractivity contribution is 5.85. The van der Waals surface area contributed by atoms with Crippen LogP contribution in [-0.4, -0.2) is 53.7 Å². The SMILES string of the molecule is COC(=O)CC(=C=O)N(OC(C)(C)C)C1CCN(Cc2ccccc2)CC1.Cl. The zero-order valence-electron chi connectivity index (χ0n) is 17.1. The van der Waals surface area contributed by atoms with E-state index in [1.807, 2.05) is 32.8 Å². The van der Waals surface area contributed by atoms with Gasteiger partial charge in [-0.3, -0.25) is 14.5 Å². The molecule has 2 rings (SSSR count). The Morgan fingerprint density at radius 2 is 1.82 bits per heavy atom. The van der Waals surface area contributed by atoms with Crippen molar-refractivity contribution in [3.8, 4) is 0 Å². The van der Waals surface area contributed by atoms with Gasteiger partial charge >= 0.3 is 5.97 Å². The van der Waals surface area contributed by atoms with E-state index < -0.39 is 11.6 Å². The number of benzene rings is 1. The molecule has 0 spiro atoms. The third kappa shape index (κ3) is 7.64. The molecule has 1 aliphatic rings. The third-order valence-corrected chi connectivity index (χ3v) is 4.43. The fourth-order valence-corrected chi connectivity index (χ4v) is 3.17. The first-order valence-corrected chi connectivity index (χ1v) is 9.38. The molecule has 1 aromatic rings. The number of halogens is 1. The van der Waals surface area contributed by atoms with Crippen molar-refractivity contribution in [1.29, 1.82) is 0 Å². The van der Waals surface area contributed by atoms with E-state index in [1.54, 1.807) is 5.06 Å². The van der Waals surface area contributed by atoms with Gasteiger partial charge in [0.15, 0.2) is 0 Å². The fraction of sp³-hybridized carbons (Fsp3) is 0.571. The second-order valence-electron chi connectivity index (χ2n) is 7.82. The number of hydrogen-bond donors (Lipinski definition) is 0. The van der Waals surface area contributed by atoms with Crippen LogP contribution in [0, 0.1) is 0 Å². The van der Waals surface area contributed by atoms with E-state index in [0.29, 0.717) is 0 Å². The molecule has 1 aliphatic heterocycles. The molecule has 6 nitrogen and oxygen atoms in total. The molecule has 1 aromatic carbocycles. The van der Waals surface area contributed by atoms with Crippen LogP contribution in [0.1, 0.15) is 45.6 Å². The number of esters is 1. The Labute approximate surface area is 173 Å². The first kappa shape index (κ1) is 24.2. The topological polar surface area (TPSA) is 59.1 Å². The van der Waals surface area contributed by atoms with Crippen molar-refractivity contribution in [2.24, 2.45) is 0 Å². The van der Waals surface area contributed by atoms with Crippen LogP contribution in [0.2, 0.25) is 0 Å². The Bertz CT molecular complexity index is 661. The largest absolute Gasteiger partial charge is 0.469 e. The molecule has 0 amide bonds. The standard InChI is InChI=1S/C21H30N2O4.ClH/c1-21(2,3)27-23(19(16-24)14-20(25)26-4)18-10-12-22(13-11-18)15-17-8-6-5-7-9-17;/h5-9,18H,10-15H2,1-4H3;1H. The van der Waals surface area contributed by atoms with Gasteiger partial charge < -0.3 is 4.74 Å². The minimum absolute atomic E-state index is 0. The molecule has 1 heterocycles. The van der Waals surface area contributed by atoms with Crippen molar-refractivity contribution in [3.05, 3.63) is 41.6 Å². The van der Waals surface area contributed by atoms with Crippen LogP contribution in [0.15, 0.2) is 36.0 Å². The zero-order valence-corrected chi connectivity index (χ0v) is 18.0. The van der Waals surface area contributed by atoms with Crippen LogP contribution < -0.4 is 0 Å². The molecule has 1 saturated heterocycles. The second-order valence-corrected chi connectivity index (χ2v) is 7.82. The summed E-state index contributed by atoms with van der Waals surface area (Å²) in [5.41, 5.74) is 0.996. The van der Waals surface area contributed by atoms with Crippen molar-refractivity contribution < 1.29 is 19.2 Å². The second kappa shape index (κ2) is 11.2. The Morgan fingerprint density at radius 3 is 2.32 bits per heavy atom. The number of carbonyl (C=O) groups is 1. The molecule has 0 radical (unpaired) electrons. The molecule has 0 unspecified atom stereocenters. The summed E-state index contributed by atoms with van der Waals surface area (Å²) in [4.78, 5) is 31.6. The number of hydrogen-bond acceptors (Lipinski definition) is 6. The Hall–Kier alpha value is -1.85. The van der Waals surface area contributed by atoms with Gasteiger partial charge in [-0.1, -0.05) is 30.3 Å². The summed E-state index contributed by atoms with van der Waals surface area (Å²) in [5.74, 6) is 1.42. The zero-order chi connectivity index (χ0) is 19.9. The summed E-state index contributed by atoms with van der Waals surface area (Å²) in [6.07, 6.45) is 1.55. The van der Waals surface area contributed by atoms with Gasteiger partial charge in [0.05, 0.1) is 25.2 Å². The van der Waals surface area contributed by atoms with E-state index in [4.69, 9.17) is 9.57 Å². The maximum atomic E-state index is 11.7. The van der Waals surface area contributed by atoms with E-state index in [-0.39, 0.29) is 30.6 Å². The number of methoxy groups -OCH3 is 1. The van der Waals surface area contributed by atoms with Crippen LogP contribution in [0.4, 0.5) is 0 Å². The van der Waals surface area contributed by atoms with Gasteiger partial charge in [0, 0.05) is 19.6 Å². The lowest BCUT2D eigenvalue weighted by molar-refractivity contribution is -0.234. The molecule has 0 atom stereocenters. The molecule has 0 saturated carbocycles. The van der Waals surface area contributed by atoms with Crippen molar-refractivity contribution in [1.82, 2.24) is 9.96 Å². The summed E-state index contributed by atoms with van der Waals surface area (Å²) >= 11 is 0. The monoisotopic (exact) mass is 410 g/mol. The number of likely N-dealkylation sites (tertiary alicyclic amines) is 1. The first-order chi connectivity index (χ1) is 12.8. The van der Waals surface area contributed by atoms with Gasteiger partial charge in [-0.2, -0.15) is 0 Å². The summed E-state index contributed by atoms with van der Waals surface area (Å²) in [5, 5.41) is 1.60. The van der Waals surface area contributed by atoms with Crippen molar-refractivity contribution in [2.45, 2.75) is 58.2 Å². The van der Waals surface area contributed by atoms with Crippen LogP contribution in [0.3, 0.4) is 0 Å². The number of hydroxylamine groups is 2. The lowest BCUT2D eigenvalue weighted by atomic mass is 10.0. The molecule has 156 valence electrons.